The van der Waals surface area contributed by atoms with E-state index in [4.69, 9.17) is 14.0 Å². The van der Waals surface area contributed by atoms with Crippen molar-refractivity contribution in [1.82, 2.24) is 9.88 Å². The van der Waals surface area contributed by atoms with E-state index in [1.165, 1.54) is 0 Å². The lowest BCUT2D eigenvalue weighted by Gasteiger charge is -2.19. The summed E-state index contributed by atoms with van der Waals surface area (Å²) in [4.78, 5) is 10.1. The van der Waals surface area contributed by atoms with Gasteiger partial charge < -0.3 is 14.0 Å². The first-order chi connectivity index (χ1) is 13.0. The van der Waals surface area contributed by atoms with Crippen molar-refractivity contribution in [2.24, 2.45) is 0 Å². The topological polar surface area (TPSA) is 134 Å². The number of rotatable bonds is 5. The molecule has 1 aliphatic rings. The van der Waals surface area contributed by atoms with Crippen LogP contribution in [-0.2, 0) is 16.6 Å². The minimum atomic E-state index is -4.22. The van der Waals surface area contributed by atoms with Crippen LogP contribution in [0, 0.1) is 10.1 Å². The molecule has 0 radical (unpaired) electrons. The first-order valence-electron chi connectivity index (χ1n) is 7.87. The molecule has 2 aromatic carbocycles. The van der Waals surface area contributed by atoms with Gasteiger partial charge in [-0.25, -0.2) is 13.1 Å². The summed E-state index contributed by atoms with van der Waals surface area (Å²) in [6, 6.07) is 9.11. The number of hydrogen-bond donors (Lipinski definition) is 1. The molecule has 1 aliphatic heterocycles. The number of nitrogens with zero attached hydrogens (tertiary/aromatic N) is 2. The van der Waals surface area contributed by atoms with Crippen molar-refractivity contribution in [1.29, 1.82) is 0 Å². The minimum Gasteiger partial charge on any atom is -0.486 e. The van der Waals surface area contributed by atoms with Crippen molar-refractivity contribution >= 4 is 26.7 Å². The van der Waals surface area contributed by atoms with Crippen LogP contribution in [0.2, 0.25) is 0 Å². The van der Waals surface area contributed by atoms with Crippen LogP contribution in [0.4, 0.5) is 5.69 Å². The van der Waals surface area contributed by atoms with E-state index in [0.717, 1.165) is 12.1 Å². The van der Waals surface area contributed by atoms with E-state index in [0.29, 0.717) is 16.7 Å². The zero-order chi connectivity index (χ0) is 19.0. The second-order valence-corrected chi connectivity index (χ2v) is 7.41. The van der Waals surface area contributed by atoms with Crippen molar-refractivity contribution in [2.45, 2.75) is 11.4 Å². The third kappa shape index (κ3) is 3.17. The summed E-state index contributed by atoms with van der Waals surface area (Å²) in [7, 11) is -4.22. The first kappa shape index (κ1) is 17.2. The maximum atomic E-state index is 12.7. The number of nitrogens with one attached hydrogen (secondary N) is 1. The van der Waals surface area contributed by atoms with Crippen molar-refractivity contribution in [3.05, 3.63) is 52.2 Å². The Labute approximate surface area is 152 Å². The van der Waals surface area contributed by atoms with Crippen LogP contribution in [0.1, 0.15) is 5.69 Å². The van der Waals surface area contributed by atoms with Gasteiger partial charge in [-0.2, -0.15) is 0 Å². The van der Waals surface area contributed by atoms with Crippen molar-refractivity contribution in [2.75, 3.05) is 13.2 Å². The quantitative estimate of drug-likeness (QED) is 0.515. The fourth-order valence-electron chi connectivity index (χ4n) is 2.72. The Morgan fingerprint density at radius 1 is 1.15 bits per heavy atom. The molecule has 27 heavy (non-hydrogen) atoms. The standard InChI is InChI=1S/C16H13N3O7S/c20-19(21)12-7-14-15(25-6-5-24-14)8-16(12)27(22,23)17-9-11-10-3-1-2-4-13(10)26-18-11/h1-4,7-8,17H,5-6,9H2. The molecule has 0 bridgehead atoms. The SMILES string of the molecule is O=[N+]([O-])c1cc2c(cc1S(=O)(=O)NCc1noc3ccccc13)OCCO2. The van der Waals surface area contributed by atoms with E-state index in [1.54, 1.807) is 24.3 Å². The molecule has 140 valence electrons. The zero-order valence-electron chi connectivity index (χ0n) is 13.7. The van der Waals surface area contributed by atoms with E-state index in [-0.39, 0.29) is 31.3 Å². The number of aromatic nitrogens is 1. The number of hydrogen-bond acceptors (Lipinski definition) is 8. The molecule has 0 spiro atoms. The molecule has 0 saturated carbocycles. The molecule has 3 aromatic rings. The van der Waals surface area contributed by atoms with Gasteiger partial charge in [0.1, 0.15) is 18.9 Å². The molecular formula is C16H13N3O7S. The number of ether oxygens (including phenoxy) is 2. The largest absolute Gasteiger partial charge is 0.486 e. The van der Waals surface area contributed by atoms with Crippen LogP contribution in [0.5, 0.6) is 11.5 Å². The Morgan fingerprint density at radius 3 is 2.59 bits per heavy atom. The van der Waals surface area contributed by atoms with Gasteiger partial charge in [0, 0.05) is 11.5 Å². The molecule has 11 heteroatoms. The zero-order valence-corrected chi connectivity index (χ0v) is 14.6. The minimum absolute atomic E-state index is 0.134. The van der Waals surface area contributed by atoms with Gasteiger partial charge in [0.15, 0.2) is 22.0 Å². The summed E-state index contributed by atoms with van der Waals surface area (Å²) in [5, 5.41) is 15.8. The van der Waals surface area contributed by atoms with E-state index >= 15 is 0 Å². The summed E-state index contributed by atoms with van der Waals surface area (Å²) in [5.41, 5.74) is 0.281. The highest BCUT2D eigenvalue weighted by Crippen LogP contribution is 2.38. The van der Waals surface area contributed by atoms with Crippen LogP contribution in [0.3, 0.4) is 0 Å². The smallest absolute Gasteiger partial charge is 0.293 e. The Hall–Kier alpha value is -3.18. The second-order valence-electron chi connectivity index (χ2n) is 5.67. The van der Waals surface area contributed by atoms with Crippen LogP contribution in [-0.4, -0.2) is 31.7 Å². The van der Waals surface area contributed by atoms with Crippen molar-refractivity contribution in [3.63, 3.8) is 0 Å². The maximum absolute atomic E-state index is 12.7. The molecule has 0 fully saturated rings. The molecule has 0 amide bonds. The molecule has 0 aliphatic carbocycles. The molecule has 1 N–H and O–H groups in total. The highest BCUT2D eigenvalue weighted by atomic mass is 32.2. The van der Waals surface area contributed by atoms with Crippen LogP contribution >= 0.6 is 0 Å². The average molecular weight is 391 g/mol. The number of nitro benzene ring substituents is 1. The molecule has 10 nitrogen and oxygen atoms in total. The summed E-state index contributed by atoms with van der Waals surface area (Å²) in [6.07, 6.45) is 0. The van der Waals surface area contributed by atoms with Crippen molar-refractivity contribution < 1.29 is 27.3 Å². The summed E-state index contributed by atoms with van der Waals surface area (Å²) >= 11 is 0. The third-order valence-electron chi connectivity index (χ3n) is 3.99. The van der Waals surface area contributed by atoms with Gasteiger partial charge in [0.2, 0.25) is 10.0 Å². The Kier molecular flexibility index (Phi) is 4.16. The molecule has 0 atom stereocenters. The second kappa shape index (κ2) is 6.52. The van der Waals surface area contributed by atoms with E-state index in [1.807, 2.05) is 0 Å². The van der Waals surface area contributed by atoms with E-state index in [2.05, 4.69) is 9.88 Å². The van der Waals surface area contributed by atoms with Gasteiger partial charge in [0.05, 0.1) is 17.5 Å². The number of sulfonamides is 1. The average Bonchev–Trinajstić information content (AvgIpc) is 3.08. The molecule has 1 aromatic heterocycles. The fourth-order valence-corrected chi connectivity index (χ4v) is 3.88. The highest BCUT2D eigenvalue weighted by Gasteiger charge is 2.30. The number of benzene rings is 2. The fraction of sp³-hybridized carbons (Fsp3) is 0.188. The van der Waals surface area contributed by atoms with Crippen molar-refractivity contribution in [3.8, 4) is 11.5 Å². The molecular weight excluding hydrogens is 378 g/mol. The van der Waals surface area contributed by atoms with Gasteiger partial charge in [-0.05, 0) is 12.1 Å². The lowest BCUT2D eigenvalue weighted by atomic mass is 10.2. The van der Waals surface area contributed by atoms with Gasteiger partial charge >= 0.3 is 0 Å². The molecule has 0 saturated heterocycles. The van der Waals surface area contributed by atoms with Gasteiger partial charge in [-0.15, -0.1) is 0 Å². The maximum Gasteiger partial charge on any atom is 0.293 e. The summed E-state index contributed by atoms with van der Waals surface area (Å²) in [6.45, 7) is 0.265. The molecule has 0 unspecified atom stereocenters. The lowest BCUT2D eigenvalue weighted by Crippen LogP contribution is -2.25. The monoisotopic (exact) mass is 391 g/mol. The summed E-state index contributed by atoms with van der Waals surface area (Å²) in [5.74, 6) is 0.272. The molecule has 2 heterocycles. The van der Waals surface area contributed by atoms with Gasteiger partial charge in [0.25, 0.3) is 5.69 Å². The Morgan fingerprint density at radius 2 is 1.85 bits per heavy atom. The highest BCUT2D eigenvalue weighted by molar-refractivity contribution is 7.89. The number of para-hydroxylation sites is 1. The first-order valence-corrected chi connectivity index (χ1v) is 9.35. The van der Waals surface area contributed by atoms with Gasteiger partial charge in [-0.1, -0.05) is 17.3 Å². The normalized spacial score (nSPS) is 13.6. The summed E-state index contributed by atoms with van der Waals surface area (Å²) < 4.78 is 43.5. The van der Waals surface area contributed by atoms with E-state index < -0.39 is 25.5 Å². The predicted octanol–water partition coefficient (Wildman–Crippen LogP) is 1.99. The van der Waals surface area contributed by atoms with E-state index in [9.17, 15) is 18.5 Å². The predicted molar refractivity (Wildman–Crippen MR) is 92.1 cm³/mol. The lowest BCUT2D eigenvalue weighted by molar-refractivity contribution is -0.388. The Bertz CT molecular complexity index is 1140. The third-order valence-corrected chi connectivity index (χ3v) is 5.42. The number of nitro groups is 1. The van der Waals surface area contributed by atoms with Crippen LogP contribution in [0.25, 0.3) is 11.0 Å². The number of fused-ring (bicyclic) bond motifs is 2. The Balaban J connectivity index is 1.68. The van der Waals surface area contributed by atoms with Crippen LogP contribution < -0.4 is 14.2 Å². The van der Waals surface area contributed by atoms with Gasteiger partial charge in [-0.3, -0.25) is 10.1 Å². The van der Waals surface area contributed by atoms with Crippen LogP contribution in [0.15, 0.2) is 45.8 Å². The molecule has 4 rings (SSSR count).